The second kappa shape index (κ2) is 6.04. The third-order valence-electron chi connectivity index (χ3n) is 3.07. The highest BCUT2D eigenvalue weighted by Crippen LogP contribution is 2.20. The molecule has 0 aliphatic rings. The van der Waals surface area contributed by atoms with Crippen LogP contribution < -0.4 is 5.32 Å². The van der Waals surface area contributed by atoms with E-state index in [9.17, 15) is 10.1 Å². The van der Waals surface area contributed by atoms with Gasteiger partial charge in [-0.1, -0.05) is 36.4 Å². The molecule has 3 aromatic rings. The van der Waals surface area contributed by atoms with E-state index < -0.39 is 4.92 Å². The van der Waals surface area contributed by atoms with Crippen LogP contribution in [0.1, 0.15) is 5.56 Å². The van der Waals surface area contributed by atoms with Crippen molar-refractivity contribution in [1.29, 1.82) is 0 Å². The van der Waals surface area contributed by atoms with Crippen LogP contribution >= 0.6 is 0 Å². The largest absolute Gasteiger partial charge is 0.347 e. The zero-order valence-electron chi connectivity index (χ0n) is 11.5. The molecule has 7 heteroatoms. The average molecular weight is 296 g/mol. The summed E-state index contributed by atoms with van der Waals surface area (Å²) in [5.41, 5.74) is 1.43. The Hall–Kier alpha value is -3.22. The summed E-state index contributed by atoms with van der Waals surface area (Å²) in [7, 11) is 0. The lowest BCUT2D eigenvalue weighted by Crippen LogP contribution is -2.04. The Labute approximate surface area is 125 Å². The van der Waals surface area contributed by atoms with Gasteiger partial charge in [-0.2, -0.15) is 4.98 Å². The van der Waals surface area contributed by atoms with E-state index in [-0.39, 0.29) is 18.2 Å². The van der Waals surface area contributed by atoms with Crippen LogP contribution in [-0.2, 0) is 6.54 Å². The summed E-state index contributed by atoms with van der Waals surface area (Å²) in [5, 5.41) is 17.7. The van der Waals surface area contributed by atoms with Gasteiger partial charge in [-0.05, 0) is 17.3 Å². The summed E-state index contributed by atoms with van der Waals surface area (Å²) in [6.45, 7) is 0.241. The van der Waals surface area contributed by atoms with E-state index in [1.165, 1.54) is 6.07 Å². The van der Waals surface area contributed by atoms with Crippen molar-refractivity contribution in [2.45, 2.75) is 6.54 Å². The summed E-state index contributed by atoms with van der Waals surface area (Å²) >= 11 is 0. The summed E-state index contributed by atoms with van der Waals surface area (Å²) in [6.07, 6.45) is 0. The van der Waals surface area contributed by atoms with Crippen molar-refractivity contribution in [2.75, 3.05) is 5.32 Å². The molecule has 0 spiro atoms. The van der Waals surface area contributed by atoms with Gasteiger partial charge in [0.05, 0.1) is 4.92 Å². The number of anilines is 1. The van der Waals surface area contributed by atoms with Gasteiger partial charge in [0.2, 0.25) is 0 Å². The molecule has 110 valence electrons. The molecule has 2 aromatic carbocycles. The molecule has 7 nitrogen and oxygen atoms in total. The first-order valence-electron chi connectivity index (χ1n) is 6.59. The van der Waals surface area contributed by atoms with E-state index in [1.54, 1.807) is 18.2 Å². The highest BCUT2D eigenvalue weighted by molar-refractivity contribution is 5.53. The molecular formula is C15H12N4O3. The molecule has 0 bridgehead atoms. The van der Waals surface area contributed by atoms with E-state index in [2.05, 4.69) is 15.5 Å². The Kier molecular flexibility index (Phi) is 3.78. The average Bonchev–Trinajstić information content (AvgIpc) is 3.03. The molecule has 0 unspecified atom stereocenters. The first-order chi connectivity index (χ1) is 10.7. The lowest BCUT2D eigenvalue weighted by Gasteiger charge is -2.02. The van der Waals surface area contributed by atoms with E-state index in [4.69, 9.17) is 4.52 Å². The van der Waals surface area contributed by atoms with Crippen molar-refractivity contribution in [2.24, 2.45) is 0 Å². The molecule has 1 N–H and O–H groups in total. The highest BCUT2D eigenvalue weighted by atomic mass is 16.6. The lowest BCUT2D eigenvalue weighted by molar-refractivity contribution is -0.385. The molecule has 0 saturated carbocycles. The van der Waals surface area contributed by atoms with E-state index >= 15 is 0 Å². The lowest BCUT2D eigenvalue weighted by atomic mass is 10.2. The number of nitro benzene ring substituents is 1. The number of nitrogens with zero attached hydrogens (tertiary/aromatic N) is 3. The fourth-order valence-corrected chi connectivity index (χ4v) is 2.01. The van der Waals surface area contributed by atoms with Gasteiger partial charge in [-0.25, -0.2) is 0 Å². The van der Waals surface area contributed by atoms with Crippen molar-refractivity contribution in [3.8, 4) is 11.5 Å². The number of nitro groups is 1. The van der Waals surface area contributed by atoms with Gasteiger partial charge in [0.1, 0.15) is 0 Å². The second-order valence-electron chi connectivity index (χ2n) is 4.53. The maximum atomic E-state index is 11.0. The van der Waals surface area contributed by atoms with Gasteiger partial charge in [0, 0.05) is 23.7 Å². The van der Waals surface area contributed by atoms with Crippen LogP contribution in [0.3, 0.4) is 0 Å². The minimum Gasteiger partial charge on any atom is -0.347 e. The first kappa shape index (κ1) is 13.7. The fourth-order valence-electron chi connectivity index (χ4n) is 2.01. The predicted molar refractivity (Wildman–Crippen MR) is 80.2 cm³/mol. The number of hydrogen-bond acceptors (Lipinski definition) is 6. The van der Waals surface area contributed by atoms with E-state index in [0.717, 1.165) is 5.56 Å². The molecule has 3 rings (SSSR count). The number of hydrogen-bond donors (Lipinski definition) is 1. The molecule has 22 heavy (non-hydrogen) atoms. The molecule has 1 heterocycles. The number of para-hydroxylation sites is 1. The van der Waals surface area contributed by atoms with Crippen LogP contribution in [0.25, 0.3) is 11.5 Å². The van der Waals surface area contributed by atoms with Gasteiger partial charge in [-0.15, -0.1) is 0 Å². The molecular weight excluding hydrogens is 284 g/mol. The summed E-state index contributed by atoms with van der Waals surface area (Å²) in [5.74, 6) is 0.683. The number of nitrogens with one attached hydrogen (secondary N) is 1. The zero-order chi connectivity index (χ0) is 15.4. The molecule has 0 amide bonds. The minimum atomic E-state index is -0.414. The van der Waals surface area contributed by atoms with Crippen molar-refractivity contribution < 1.29 is 9.45 Å². The maximum Gasteiger partial charge on any atom is 0.274 e. The third kappa shape index (κ3) is 2.93. The molecule has 1 aromatic heterocycles. The molecule has 0 saturated heterocycles. The smallest absolute Gasteiger partial charge is 0.274 e. The fraction of sp³-hybridized carbons (Fsp3) is 0.0667. The van der Waals surface area contributed by atoms with Crippen molar-refractivity contribution in [3.63, 3.8) is 0 Å². The Morgan fingerprint density at radius 2 is 1.82 bits per heavy atom. The Morgan fingerprint density at radius 1 is 1.09 bits per heavy atom. The molecule has 0 aliphatic carbocycles. The molecule has 0 fully saturated rings. The van der Waals surface area contributed by atoms with E-state index in [0.29, 0.717) is 11.5 Å². The van der Waals surface area contributed by atoms with E-state index in [1.807, 2.05) is 30.3 Å². The van der Waals surface area contributed by atoms with Gasteiger partial charge in [0.15, 0.2) is 0 Å². The van der Waals surface area contributed by atoms with Crippen LogP contribution in [0.15, 0.2) is 59.1 Å². The summed E-state index contributed by atoms with van der Waals surface area (Å²) < 4.78 is 5.16. The zero-order valence-corrected chi connectivity index (χ0v) is 11.5. The Balaban J connectivity index is 1.73. The van der Waals surface area contributed by atoms with Crippen LogP contribution in [-0.4, -0.2) is 15.1 Å². The van der Waals surface area contributed by atoms with Crippen molar-refractivity contribution in [1.82, 2.24) is 10.1 Å². The maximum absolute atomic E-state index is 11.0. The molecule has 0 atom stereocenters. The first-order valence-corrected chi connectivity index (χ1v) is 6.59. The summed E-state index contributed by atoms with van der Waals surface area (Å²) in [4.78, 5) is 14.7. The topological polar surface area (TPSA) is 94.1 Å². The van der Waals surface area contributed by atoms with Crippen LogP contribution in [0.5, 0.6) is 0 Å². The molecule has 0 radical (unpaired) electrons. The van der Waals surface area contributed by atoms with Crippen molar-refractivity contribution >= 4 is 11.6 Å². The Bertz CT molecular complexity index is 786. The SMILES string of the molecule is O=[N+]([O-])c1ccccc1CNc1noc(-c2ccccc2)n1. The Morgan fingerprint density at radius 3 is 2.59 bits per heavy atom. The van der Waals surface area contributed by atoms with Gasteiger partial charge in [0.25, 0.3) is 17.5 Å². The van der Waals surface area contributed by atoms with Gasteiger partial charge < -0.3 is 9.84 Å². The number of aromatic nitrogens is 2. The highest BCUT2D eigenvalue weighted by Gasteiger charge is 2.13. The monoisotopic (exact) mass is 296 g/mol. The van der Waals surface area contributed by atoms with Gasteiger partial charge >= 0.3 is 0 Å². The van der Waals surface area contributed by atoms with Gasteiger partial charge in [-0.3, -0.25) is 10.1 Å². The predicted octanol–water partition coefficient (Wildman–Crippen LogP) is 3.26. The van der Waals surface area contributed by atoms with Crippen LogP contribution in [0, 0.1) is 10.1 Å². The quantitative estimate of drug-likeness (QED) is 0.573. The molecule has 0 aliphatic heterocycles. The number of benzene rings is 2. The normalized spacial score (nSPS) is 10.4. The summed E-state index contributed by atoms with van der Waals surface area (Å²) in [6, 6.07) is 15.9. The van der Waals surface area contributed by atoms with Crippen molar-refractivity contribution in [3.05, 3.63) is 70.3 Å². The van der Waals surface area contributed by atoms with Crippen LogP contribution in [0.2, 0.25) is 0 Å². The minimum absolute atomic E-state index is 0.0572. The number of rotatable bonds is 5. The van der Waals surface area contributed by atoms with Crippen LogP contribution in [0.4, 0.5) is 11.6 Å². The standard InChI is InChI=1S/C15H12N4O3/c20-19(21)13-9-5-4-8-12(13)10-16-15-17-14(22-18-15)11-6-2-1-3-7-11/h1-9H,10H2,(H,16,18). The second-order valence-corrected chi connectivity index (χ2v) is 4.53. The third-order valence-corrected chi connectivity index (χ3v) is 3.07.